The Morgan fingerprint density at radius 1 is 1.23 bits per heavy atom. The van der Waals surface area contributed by atoms with Gasteiger partial charge in [-0.1, -0.05) is 26.3 Å². The molecule has 0 radical (unpaired) electrons. The van der Waals surface area contributed by atoms with Crippen LogP contribution in [0.2, 0.25) is 0 Å². The Bertz CT molecular complexity index is 758. The summed E-state index contributed by atoms with van der Waals surface area (Å²) in [7, 11) is 0. The van der Waals surface area contributed by atoms with Crippen molar-refractivity contribution in [2.75, 3.05) is 5.32 Å². The Morgan fingerprint density at radius 2 is 2.00 bits per heavy atom. The van der Waals surface area contributed by atoms with Gasteiger partial charge in [0.25, 0.3) is 0 Å². The van der Waals surface area contributed by atoms with Crippen LogP contribution in [0.4, 0.5) is 5.13 Å². The average Bonchev–Trinajstić information content (AvgIpc) is 3.23. The number of nitrogens with zero attached hydrogens (tertiary/aromatic N) is 1. The van der Waals surface area contributed by atoms with E-state index in [1.54, 1.807) is 5.38 Å². The normalized spacial score (nSPS) is 13.0. The summed E-state index contributed by atoms with van der Waals surface area (Å²) < 4.78 is 0. The van der Waals surface area contributed by atoms with Crippen LogP contribution in [0.15, 0.2) is 22.9 Å². The van der Waals surface area contributed by atoms with Gasteiger partial charge in [0.1, 0.15) is 6.04 Å². The third-order valence-corrected chi connectivity index (χ3v) is 5.57. The summed E-state index contributed by atoms with van der Waals surface area (Å²) in [6.45, 7) is 3.79. The lowest BCUT2D eigenvalue weighted by Gasteiger charge is -2.20. The fraction of sp³-hybridized carbons (Fsp3) is 0.412. The largest absolute Gasteiger partial charge is 0.368 e. The van der Waals surface area contributed by atoms with Crippen molar-refractivity contribution in [1.82, 2.24) is 10.3 Å². The molecular weight excluding hydrogens is 372 g/mol. The molecule has 7 nitrogen and oxygen atoms in total. The van der Waals surface area contributed by atoms with E-state index in [-0.39, 0.29) is 24.2 Å². The second-order valence-corrected chi connectivity index (χ2v) is 7.85. The van der Waals surface area contributed by atoms with Crippen molar-refractivity contribution in [2.24, 2.45) is 11.7 Å². The van der Waals surface area contributed by atoms with Crippen molar-refractivity contribution >= 4 is 45.5 Å². The highest BCUT2D eigenvalue weighted by molar-refractivity contribution is 7.14. The second-order valence-electron chi connectivity index (χ2n) is 5.96. The lowest BCUT2D eigenvalue weighted by molar-refractivity contribution is -0.128. The van der Waals surface area contributed by atoms with Crippen molar-refractivity contribution in [3.05, 3.63) is 33.5 Å². The molecule has 2 aromatic rings. The summed E-state index contributed by atoms with van der Waals surface area (Å²) in [4.78, 5) is 40.8. The zero-order valence-electron chi connectivity index (χ0n) is 14.7. The molecule has 4 N–H and O–H groups in total. The van der Waals surface area contributed by atoms with Gasteiger partial charge in [-0.25, -0.2) is 4.98 Å². The highest BCUT2D eigenvalue weighted by Crippen LogP contribution is 2.17. The van der Waals surface area contributed by atoms with Gasteiger partial charge in [-0.3, -0.25) is 14.4 Å². The molecule has 0 fully saturated rings. The maximum Gasteiger partial charge on any atom is 0.240 e. The number of carbonyl (C=O) groups excluding carboxylic acids is 3. The van der Waals surface area contributed by atoms with E-state index in [4.69, 9.17) is 5.73 Å². The van der Waals surface area contributed by atoms with E-state index in [2.05, 4.69) is 15.6 Å². The highest BCUT2D eigenvalue weighted by Gasteiger charge is 2.23. The van der Waals surface area contributed by atoms with Crippen molar-refractivity contribution in [2.45, 2.75) is 39.2 Å². The van der Waals surface area contributed by atoms with Gasteiger partial charge >= 0.3 is 0 Å². The van der Waals surface area contributed by atoms with Crippen LogP contribution in [0, 0.1) is 5.92 Å². The summed E-state index contributed by atoms with van der Waals surface area (Å²) in [6, 6.07) is 3.09. The molecule has 2 heterocycles. The first-order chi connectivity index (χ1) is 12.4. The number of thiazole rings is 1. The molecule has 140 valence electrons. The summed E-state index contributed by atoms with van der Waals surface area (Å²) in [5, 5.41) is 9.47. The van der Waals surface area contributed by atoms with E-state index < -0.39 is 11.9 Å². The topological polar surface area (TPSA) is 114 Å². The van der Waals surface area contributed by atoms with Crippen LogP contribution in [-0.4, -0.2) is 28.7 Å². The highest BCUT2D eigenvalue weighted by atomic mass is 32.1. The van der Waals surface area contributed by atoms with E-state index in [0.29, 0.717) is 17.2 Å². The molecule has 0 aliphatic rings. The third-order valence-electron chi connectivity index (χ3n) is 3.89. The smallest absolute Gasteiger partial charge is 0.240 e. The molecule has 26 heavy (non-hydrogen) atoms. The Kier molecular flexibility index (Phi) is 7.28. The Labute approximate surface area is 160 Å². The number of hydrogen-bond donors (Lipinski definition) is 3. The van der Waals surface area contributed by atoms with E-state index >= 15 is 0 Å². The van der Waals surface area contributed by atoms with E-state index in [1.165, 1.54) is 22.7 Å². The minimum atomic E-state index is -0.698. The molecule has 0 aromatic carbocycles. The van der Waals surface area contributed by atoms with Gasteiger partial charge in [0.15, 0.2) is 5.13 Å². The molecule has 2 rings (SSSR count). The zero-order chi connectivity index (χ0) is 19.1. The van der Waals surface area contributed by atoms with Crippen LogP contribution in [0.25, 0.3) is 0 Å². The Hall–Kier alpha value is -2.26. The SMILES string of the molecule is CCC(C)C(NC(=O)Cc1csc(NC(=O)Cc2cccs2)n1)C(N)=O. The van der Waals surface area contributed by atoms with Crippen molar-refractivity contribution < 1.29 is 14.4 Å². The van der Waals surface area contributed by atoms with Crippen LogP contribution in [0.5, 0.6) is 0 Å². The summed E-state index contributed by atoms with van der Waals surface area (Å²) in [6.07, 6.45) is 1.05. The minimum absolute atomic E-state index is 0.0253. The minimum Gasteiger partial charge on any atom is -0.368 e. The summed E-state index contributed by atoms with van der Waals surface area (Å²) in [5.74, 6) is -1.06. The Morgan fingerprint density at radius 3 is 2.62 bits per heavy atom. The molecule has 3 amide bonds. The molecular formula is C17H22N4O3S2. The maximum absolute atomic E-state index is 12.2. The zero-order valence-corrected chi connectivity index (χ0v) is 16.3. The maximum atomic E-state index is 12.2. The lowest BCUT2D eigenvalue weighted by atomic mass is 9.98. The number of nitrogens with two attached hydrogens (primary N) is 1. The third kappa shape index (κ3) is 5.92. The van der Waals surface area contributed by atoms with E-state index in [9.17, 15) is 14.4 Å². The van der Waals surface area contributed by atoms with Crippen molar-refractivity contribution in [3.63, 3.8) is 0 Å². The fourth-order valence-corrected chi connectivity index (χ4v) is 3.73. The number of rotatable bonds is 9. The Balaban J connectivity index is 1.87. The number of carbonyl (C=O) groups is 3. The molecule has 0 saturated heterocycles. The molecule has 0 bridgehead atoms. The van der Waals surface area contributed by atoms with E-state index in [1.807, 2.05) is 31.4 Å². The van der Waals surface area contributed by atoms with Gasteiger partial charge < -0.3 is 16.4 Å². The molecule has 2 atom stereocenters. The van der Waals surface area contributed by atoms with Crippen LogP contribution < -0.4 is 16.4 Å². The standard InChI is InChI=1S/C17H22N4O3S2/c1-3-10(2)15(16(18)24)20-13(22)7-11-9-26-17(19-11)21-14(23)8-12-5-4-6-25-12/h4-6,9-10,15H,3,7-8H2,1-2H3,(H2,18,24)(H,20,22)(H,19,21,23). The number of hydrogen-bond acceptors (Lipinski definition) is 6. The first-order valence-electron chi connectivity index (χ1n) is 8.24. The molecule has 0 aliphatic heterocycles. The number of primary amides is 1. The van der Waals surface area contributed by atoms with Crippen molar-refractivity contribution in [3.8, 4) is 0 Å². The molecule has 0 spiro atoms. The number of anilines is 1. The van der Waals surface area contributed by atoms with Crippen molar-refractivity contribution in [1.29, 1.82) is 0 Å². The van der Waals surface area contributed by atoms with Crippen LogP contribution in [0.3, 0.4) is 0 Å². The quantitative estimate of drug-likeness (QED) is 0.603. The summed E-state index contributed by atoms with van der Waals surface area (Å²) in [5.41, 5.74) is 5.89. The van der Waals surface area contributed by atoms with Gasteiger partial charge in [0.05, 0.1) is 18.5 Å². The van der Waals surface area contributed by atoms with Gasteiger partial charge in [0.2, 0.25) is 17.7 Å². The van der Waals surface area contributed by atoms with Gasteiger partial charge in [-0.2, -0.15) is 0 Å². The molecule has 0 saturated carbocycles. The van der Waals surface area contributed by atoms with E-state index in [0.717, 1.165) is 11.3 Å². The predicted molar refractivity (Wildman–Crippen MR) is 103 cm³/mol. The fourth-order valence-electron chi connectivity index (χ4n) is 2.30. The van der Waals surface area contributed by atoms with Gasteiger partial charge in [-0.05, 0) is 17.4 Å². The molecule has 9 heteroatoms. The predicted octanol–water partition coefficient (Wildman–Crippen LogP) is 1.94. The monoisotopic (exact) mass is 394 g/mol. The molecule has 2 unspecified atom stereocenters. The van der Waals surface area contributed by atoms with Crippen LogP contribution in [0.1, 0.15) is 30.8 Å². The second kappa shape index (κ2) is 9.44. The number of aromatic nitrogens is 1. The van der Waals surface area contributed by atoms with Crippen LogP contribution >= 0.6 is 22.7 Å². The van der Waals surface area contributed by atoms with Gasteiger partial charge in [0, 0.05) is 10.3 Å². The average molecular weight is 395 g/mol. The number of nitrogens with one attached hydrogen (secondary N) is 2. The number of thiophene rings is 1. The molecule has 2 aromatic heterocycles. The summed E-state index contributed by atoms with van der Waals surface area (Å²) >= 11 is 2.78. The first-order valence-corrected chi connectivity index (χ1v) is 10.00. The molecule has 0 aliphatic carbocycles. The lowest BCUT2D eigenvalue weighted by Crippen LogP contribution is -2.48. The number of amides is 3. The van der Waals surface area contributed by atoms with Crippen LogP contribution in [-0.2, 0) is 27.2 Å². The van der Waals surface area contributed by atoms with Gasteiger partial charge in [-0.15, -0.1) is 22.7 Å². The first kappa shape index (κ1) is 20.1.